The number of rotatable bonds is 9. The Bertz CT molecular complexity index is 840. The molecule has 192 valence electrons. The number of carbonyl (C=O) groups excluding carboxylic acids is 3. The van der Waals surface area contributed by atoms with Gasteiger partial charge < -0.3 is 19.6 Å². The van der Waals surface area contributed by atoms with Gasteiger partial charge >= 0.3 is 5.97 Å². The van der Waals surface area contributed by atoms with Crippen molar-refractivity contribution < 1.29 is 24.2 Å². The van der Waals surface area contributed by atoms with Crippen molar-refractivity contribution in [3.63, 3.8) is 0 Å². The van der Waals surface area contributed by atoms with Gasteiger partial charge in [-0.05, 0) is 59.8 Å². The van der Waals surface area contributed by atoms with Crippen LogP contribution in [-0.4, -0.2) is 79.6 Å². The lowest BCUT2D eigenvalue weighted by Crippen LogP contribution is -2.60. The summed E-state index contributed by atoms with van der Waals surface area (Å²) in [6, 6.07) is -1.23. The molecule has 0 aromatic carbocycles. The maximum absolute atomic E-state index is 14.3. The molecule has 2 bridgehead atoms. The fourth-order valence-corrected chi connectivity index (χ4v) is 8.74. The van der Waals surface area contributed by atoms with Crippen molar-refractivity contribution in [1.29, 1.82) is 0 Å². The van der Waals surface area contributed by atoms with E-state index >= 15 is 0 Å². The summed E-state index contributed by atoms with van der Waals surface area (Å²) in [5.41, 5.74) is -0.479. The van der Waals surface area contributed by atoms with E-state index in [4.69, 9.17) is 4.74 Å². The molecule has 0 aromatic heterocycles. The van der Waals surface area contributed by atoms with Gasteiger partial charge in [-0.2, -0.15) is 0 Å². The van der Waals surface area contributed by atoms with E-state index in [0.717, 1.165) is 6.42 Å². The molecular weight excluding hydrogens is 452 g/mol. The van der Waals surface area contributed by atoms with E-state index in [1.54, 1.807) is 34.6 Å². The fourth-order valence-electron chi connectivity index (χ4n) is 6.42. The first-order chi connectivity index (χ1) is 15.8. The zero-order valence-corrected chi connectivity index (χ0v) is 22.6. The Hall–Kier alpha value is -1.54. The molecule has 8 heteroatoms. The third-order valence-electron chi connectivity index (χ3n) is 7.72. The standard InChI is InChI=1S/C26H42N2O5S/c1-9-13-27(24(5,6)7)22(31)20-26-12-11-25(8,34-26)19(23(32)33-10-2)18(26)21(30)28(20)17(15-29)14-16(3)4/h9,16-20,29H,1,10-15H2,2-8H3/t17-,18+,19-,20?,25+,26?/m1/s1. The van der Waals surface area contributed by atoms with E-state index in [0.29, 0.717) is 19.4 Å². The minimum absolute atomic E-state index is 0.133. The SMILES string of the molecule is C=CCN(C(=O)C1N([C@@H](CO)CC(C)C)C(=O)[C@@H]2[C@H](C(=O)OCC)[C@]3(C)CCC12S3)C(C)(C)C. The Morgan fingerprint density at radius 3 is 2.50 bits per heavy atom. The fraction of sp³-hybridized carbons (Fsp3) is 0.808. The summed E-state index contributed by atoms with van der Waals surface area (Å²) in [6.45, 7) is 18.1. The quantitative estimate of drug-likeness (QED) is 0.391. The van der Waals surface area contributed by atoms with Gasteiger partial charge in [0.2, 0.25) is 11.8 Å². The highest BCUT2D eigenvalue weighted by atomic mass is 32.2. The Morgan fingerprint density at radius 1 is 1.35 bits per heavy atom. The molecule has 0 radical (unpaired) electrons. The molecule has 7 nitrogen and oxygen atoms in total. The van der Waals surface area contributed by atoms with Gasteiger partial charge in [-0.1, -0.05) is 19.9 Å². The molecule has 2 unspecified atom stereocenters. The molecule has 34 heavy (non-hydrogen) atoms. The lowest BCUT2D eigenvalue weighted by molar-refractivity contribution is -0.155. The van der Waals surface area contributed by atoms with Gasteiger partial charge in [-0.3, -0.25) is 14.4 Å². The van der Waals surface area contributed by atoms with E-state index in [1.807, 2.05) is 41.5 Å². The van der Waals surface area contributed by atoms with Crippen LogP contribution in [0.4, 0.5) is 0 Å². The van der Waals surface area contributed by atoms with Crippen LogP contribution in [0.15, 0.2) is 12.7 Å². The molecular formula is C26H42N2O5S. The Labute approximate surface area is 208 Å². The highest BCUT2D eigenvalue weighted by Gasteiger charge is 2.78. The van der Waals surface area contributed by atoms with Crippen molar-refractivity contribution >= 4 is 29.5 Å². The molecule has 0 saturated carbocycles. The summed E-state index contributed by atoms with van der Waals surface area (Å²) in [6.07, 6.45) is 3.71. The van der Waals surface area contributed by atoms with Gasteiger partial charge in [-0.25, -0.2) is 0 Å². The normalized spacial score (nSPS) is 33.3. The first kappa shape index (κ1) is 27.1. The number of aliphatic hydroxyl groups is 1. The number of nitrogens with zero attached hydrogens (tertiary/aromatic N) is 2. The van der Waals surface area contributed by atoms with Crippen molar-refractivity contribution in [2.75, 3.05) is 19.8 Å². The summed E-state index contributed by atoms with van der Waals surface area (Å²) >= 11 is 1.63. The highest BCUT2D eigenvalue weighted by molar-refractivity contribution is 8.02. The number of likely N-dealkylation sites (tertiary alicyclic amines) is 1. The minimum atomic E-state index is -0.744. The molecule has 3 rings (SSSR count). The topological polar surface area (TPSA) is 87.2 Å². The monoisotopic (exact) mass is 494 g/mol. The first-order valence-corrected chi connectivity index (χ1v) is 13.3. The molecule has 3 heterocycles. The Kier molecular flexibility index (Phi) is 7.55. The van der Waals surface area contributed by atoms with Crippen LogP contribution in [0.3, 0.4) is 0 Å². The second kappa shape index (κ2) is 9.49. The summed E-state index contributed by atoms with van der Waals surface area (Å²) < 4.78 is 4.28. The molecule has 0 aliphatic carbocycles. The number of hydrogen-bond acceptors (Lipinski definition) is 6. The van der Waals surface area contributed by atoms with Crippen molar-refractivity contribution in [2.24, 2.45) is 17.8 Å². The van der Waals surface area contributed by atoms with Crippen LogP contribution in [0, 0.1) is 17.8 Å². The molecule has 0 aromatic rings. The summed E-state index contributed by atoms with van der Waals surface area (Å²) in [5.74, 6) is -1.68. The van der Waals surface area contributed by atoms with Crippen molar-refractivity contribution in [1.82, 2.24) is 9.80 Å². The van der Waals surface area contributed by atoms with Crippen molar-refractivity contribution in [3.8, 4) is 0 Å². The molecule has 3 aliphatic heterocycles. The third kappa shape index (κ3) is 4.19. The van der Waals surface area contributed by atoms with Crippen LogP contribution in [0.2, 0.25) is 0 Å². The molecule has 3 fully saturated rings. The van der Waals surface area contributed by atoms with Gasteiger partial charge in [0.1, 0.15) is 6.04 Å². The minimum Gasteiger partial charge on any atom is -0.466 e. The van der Waals surface area contributed by atoms with Gasteiger partial charge in [0, 0.05) is 16.8 Å². The Balaban J connectivity index is 2.17. The van der Waals surface area contributed by atoms with E-state index in [2.05, 4.69) is 6.58 Å². The van der Waals surface area contributed by atoms with E-state index in [-0.39, 0.29) is 36.9 Å². The number of esters is 1. The van der Waals surface area contributed by atoms with Gasteiger partial charge in [0.15, 0.2) is 0 Å². The van der Waals surface area contributed by atoms with E-state index in [9.17, 15) is 19.5 Å². The third-order valence-corrected chi connectivity index (χ3v) is 9.71. The number of aliphatic hydroxyl groups excluding tert-OH is 1. The summed E-state index contributed by atoms with van der Waals surface area (Å²) in [7, 11) is 0. The van der Waals surface area contributed by atoms with Crippen LogP contribution in [0.5, 0.6) is 0 Å². The average molecular weight is 495 g/mol. The van der Waals surface area contributed by atoms with Gasteiger partial charge in [0.05, 0.1) is 35.8 Å². The lowest BCUT2D eigenvalue weighted by atomic mass is 9.66. The summed E-state index contributed by atoms with van der Waals surface area (Å²) in [5, 5.41) is 10.4. The number of ether oxygens (including phenoxy) is 1. The Morgan fingerprint density at radius 2 is 2.00 bits per heavy atom. The number of hydrogen-bond donors (Lipinski definition) is 1. The van der Waals surface area contributed by atoms with Crippen LogP contribution >= 0.6 is 11.8 Å². The predicted molar refractivity (Wildman–Crippen MR) is 134 cm³/mol. The second-order valence-corrected chi connectivity index (χ2v) is 13.5. The number of fused-ring (bicyclic) bond motifs is 1. The van der Waals surface area contributed by atoms with Gasteiger partial charge in [0.25, 0.3) is 0 Å². The second-order valence-electron chi connectivity index (χ2n) is 11.6. The van der Waals surface area contributed by atoms with E-state index in [1.165, 1.54) is 0 Å². The molecule has 6 atom stereocenters. The molecule has 1 spiro atoms. The van der Waals surface area contributed by atoms with Crippen molar-refractivity contribution in [3.05, 3.63) is 12.7 Å². The number of thioether (sulfide) groups is 1. The van der Waals surface area contributed by atoms with Crippen LogP contribution in [0.25, 0.3) is 0 Å². The maximum atomic E-state index is 14.3. The van der Waals surface area contributed by atoms with Crippen LogP contribution in [0.1, 0.15) is 67.7 Å². The van der Waals surface area contributed by atoms with Crippen molar-refractivity contribution in [2.45, 2.75) is 94.8 Å². The predicted octanol–water partition coefficient (Wildman–Crippen LogP) is 3.25. The zero-order valence-electron chi connectivity index (χ0n) is 21.8. The highest BCUT2D eigenvalue weighted by Crippen LogP contribution is 2.72. The van der Waals surface area contributed by atoms with Crippen LogP contribution in [-0.2, 0) is 19.1 Å². The first-order valence-electron chi connectivity index (χ1n) is 12.5. The summed E-state index contributed by atoms with van der Waals surface area (Å²) in [4.78, 5) is 45.1. The maximum Gasteiger partial charge on any atom is 0.311 e. The number of amides is 2. The molecule has 3 saturated heterocycles. The molecule has 1 N–H and O–H groups in total. The number of carbonyl (C=O) groups is 3. The van der Waals surface area contributed by atoms with Gasteiger partial charge in [-0.15, -0.1) is 18.3 Å². The van der Waals surface area contributed by atoms with Crippen LogP contribution < -0.4 is 0 Å². The molecule has 3 aliphatic rings. The lowest BCUT2D eigenvalue weighted by Gasteiger charge is -2.43. The van der Waals surface area contributed by atoms with E-state index < -0.39 is 39.0 Å². The smallest absolute Gasteiger partial charge is 0.311 e. The largest absolute Gasteiger partial charge is 0.466 e. The zero-order chi connectivity index (χ0) is 25.6. The average Bonchev–Trinajstić information content (AvgIpc) is 3.30. The molecule has 2 amide bonds.